The lowest BCUT2D eigenvalue weighted by Crippen LogP contribution is -2.00. The summed E-state index contributed by atoms with van der Waals surface area (Å²) < 4.78 is 0. The van der Waals surface area contributed by atoms with Gasteiger partial charge in [0.15, 0.2) is 0 Å². The standard InChI is InChI=1S/C10H13NO.C2H6/c1-6-4-7-5-8(11)2-3-9(7)10(6)12;1-2/h2-3,5-6,10,12H,4,11H2,1H3;1-2H3. The van der Waals surface area contributed by atoms with Crippen molar-refractivity contribution in [3.8, 4) is 0 Å². The molecule has 0 fully saturated rings. The Morgan fingerprint density at radius 2 is 2.00 bits per heavy atom. The number of benzene rings is 1. The smallest absolute Gasteiger partial charge is 0.0821 e. The van der Waals surface area contributed by atoms with Crippen LogP contribution in [0, 0.1) is 5.92 Å². The van der Waals surface area contributed by atoms with E-state index in [2.05, 4.69) is 6.92 Å². The van der Waals surface area contributed by atoms with E-state index in [1.807, 2.05) is 32.0 Å². The van der Waals surface area contributed by atoms with E-state index in [1.165, 1.54) is 5.56 Å². The van der Waals surface area contributed by atoms with E-state index in [4.69, 9.17) is 5.73 Å². The molecule has 0 bridgehead atoms. The van der Waals surface area contributed by atoms with Crippen LogP contribution < -0.4 is 5.73 Å². The number of fused-ring (bicyclic) bond motifs is 1. The van der Waals surface area contributed by atoms with Gasteiger partial charge in [0.2, 0.25) is 0 Å². The van der Waals surface area contributed by atoms with E-state index in [0.29, 0.717) is 5.92 Å². The van der Waals surface area contributed by atoms with Crippen LogP contribution >= 0.6 is 0 Å². The zero-order valence-electron chi connectivity index (χ0n) is 9.12. The van der Waals surface area contributed by atoms with Crippen LogP contribution in [0.5, 0.6) is 0 Å². The Hall–Kier alpha value is -1.02. The fourth-order valence-electron chi connectivity index (χ4n) is 1.86. The van der Waals surface area contributed by atoms with Crippen LogP contribution in [0.15, 0.2) is 18.2 Å². The van der Waals surface area contributed by atoms with Crippen LogP contribution in [0.2, 0.25) is 0 Å². The van der Waals surface area contributed by atoms with E-state index in [9.17, 15) is 5.11 Å². The van der Waals surface area contributed by atoms with Crippen LogP contribution in [0.1, 0.15) is 38.0 Å². The molecule has 0 radical (unpaired) electrons. The van der Waals surface area contributed by atoms with Crippen molar-refractivity contribution in [3.63, 3.8) is 0 Å². The summed E-state index contributed by atoms with van der Waals surface area (Å²) in [6.07, 6.45) is 0.655. The van der Waals surface area contributed by atoms with Crippen LogP contribution in [0.25, 0.3) is 0 Å². The van der Waals surface area contributed by atoms with Gasteiger partial charge in [-0.3, -0.25) is 0 Å². The number of nitrogens with two attached hydrogens (primary N) is 1. The zero-order valence-corrected chi connectivity index (χ0v) is 9.12. The Kier molecular flexibility index (Phi) is 3.53. The van der Waals surface area contributed by atoms with Gasteiger partial charge in [0.25, 0.3) is 0 Å². The molecule has 1 aliphatic carbocycles. The summed E-state index contributed by atoms with van der Waals surface area (Å²) >= 11 is 0. The second kappa shape index (κ2) is 4.47. The first-order valence-corrected chi connectivity index (χ1v) is 5.25. The number of rotatable bonds is 0. The third kappa shape index (κ3) is 1.90. The SMILES string of the molecule is CC.CC1Cc2cc(N)ccc2C1O. The molecule has 1 aliphatic rings. The normalized spacial score (nSPS) is 23.7. The van der Waals surface area contributed by atoms with Gasteiger partial charge >= 0.3 is 0 Å². The number of anilines is 1. The molecule has 1 aromatic carbocycles. The number of aliphatic hydroxyl groups excluding tert-OH is 1. The van der Waals surface area contributed by atoms with Gasteiger partial charge in [0, 0.05) is 5.69 Å². The number of hydrogen-bond donors (Lipinski definition) is 2. The minimum atomic E-state index is -0.291. The molecule has 78 valence electrons. The van der Waals surface area contributed by atoms with Crippen LogP contribution in [-0.2, 0) is 6.42 Å². The zero-order chi connectivity index (χ0) is 10.7. The first-order valence-electron chi connectivity index (χ1n) is 5.25. The van der Waals surface area contributed by atoms with Crippen molar-refractivity contribution in [2.75, 3.05) is 5.73 Å². The molecular formula is C12H19NO. The lowest BCUT2D eigenvalue weighted by Gasteiger charge is -2.07. The van der Waals surface area contributed by atoms with Gasteiger partial charge in [-0.2, -0.15) is 0 Å². The van der Waals surface area contributed by atoms with Crippen LogP contribution in [0.4, 0.5) is 5.69 Å². The summed E-state index contributed by atoms with van der Waals surface area (Å²) in [4.78, 5) is 0. The second-order valence-corrected chi connectivity index (χ2v) is 3.58. The number of aliphatic hydroxyl groups is 1. The molecule has 0 saturated carbocycles. The van der Waals surface area contributed by atoms with Gasteiger partial charge in [-0.25, -0.2) is 0 Å². The predicted molar refractivity (Wildman–Crippen MR) is 60.0 cm³/mol. The quantitative estimate of drug-likeness (QED) is 0.622. The summed E-state index contributed by atoms with van der Waals surface area (Å²) in [5.41, 5.74) is 8.68. The molecule has 1 aromatic rings. The van der Waals surface area contributed by atoms with E-state index in [0.717, 1.165) is 17.7 Å². The average molecular weight is 193 g/mol. The van der Waals surface area contributed by atoms with Gasteiger partial charge in [0.1, 0.15) is 0 Å². The second-order valence-electron chi connectivity index (χ2n) is 3.58. The fraction of sp³-hybridized carbons (Fsp3) is 0.500. The first-order chi connectivity index (χ1) is 6.68. The molecule has 0 spiro atoms. The molecule has 0 aromatic heterocycles. The lowest BCUT2D eigenvalue weighted by atomic mass is 10.1. The maximum absolute atomic E-state index is 9.70. The van der Waals surface area contributed by atoms with Gasteiger partial charge in [-0.15, -0.1) is 0 Å². The van der Waals surface area contributed by atoms with Crippen molar-refractivity contribution in [2.45, 2.75) is 33.3 Å². The van der Waals surface area contributed by atoms with Crippen molar-refractivity contribution >= 4 is 5.69 Å². The Morgan fingerprint density at radius 3 is 2.64 bits per heavy atom. The summed E-state index contributed by atoms with van der Waals surface area (Å²) in [5.74, 6) is 0.335. The molecule has 3 N–H and O–H groups in total. The molecule has 0 amide bonds. The summed E-state index contributed by atoms with van der Waals surface area (Å²) in [6.45, 7) is 6.06. The Bertz CT molecular complexity index is 309. The molecule has 2 unspecified atom stereocenters. The van der Waals surface area contributed by atoms with Crippen molar-refractivity contribution < 1.29 is 5.11 Å². The maximum atomic E-state index is 9.70. The Morgan fingerprint density at radius 1 is 1.36 bits per heavy atom. The first kappa shape index (κ1) is 11.1. The molecule has 0 heterocycles. The van der Waals surface area contributed by atoms with Gasteiger partial charge in [-0.1, -0.05) is 26.8 Å². The summed E-state index contributed by atoms with van der Waals surface area (Å²) in [7, 11) is 0. The lowest BCUT2D eigenvalue weighted by molar-refractivity contribution is 0.133. The highest BCUT2D eigenvalue weighted by Gasteiger charge is 2.26. The monoisotopic (exact) mass is 193 g/mol. The van der Waals surface area contributed by atoms with Crippen molar-refractivity contribution in [2.24, 2.45) is 5.92 Å². The van der Waals surface area contributed by atoms with E-state index < -0.39 is 0 Å². The highest BCUT2D eigenvalue weighted by atomic mass is 16.3. The van der Waals surface area contributed by atoms with Crippen molar-refractivity contribution in [1.82, 2.24) is 0 Å². The third-order valence-corrected chi connectivity index (χ3v) is 2.57. The van der Waals surface area contributed by atoms with Gasteiger partial charge in [-0.05, 0) is 35.6 Å². The van der Waals surface area contributed by atoms with Crippen molar-refractivity contribution in [1.29, 1.82) is 0 Å². The molecule has 0 saturated heterocycles. The Labute approximate surface area is 85.8 Å². The summed E-state index contributed by atoms with van der Waals surface area (Å²) in [6, 6.07) is 5.74. The average Bonchev–Trinajstić information content (AvgIpc) is 2.45. The van der Waals surface area contributed by atoms with Gasteiger partial charge < -0.3 is 10.8 Å². The number of hydrogen-bond acceptors (Lipinski definition) is 2. The predicted octanol–water partition coefficient (Wildman–Crippen LogP) is 2.52. The van der Waals surface area contributed by atoms with E-state index in [1.54, 1.807) is 0 Å². The minimum absolute atomic E-state index is 0.291. The highest BCUT2D eigenvalue weighted by Crippen LogP contribution is 2.36. The van der Waals surface area contributed by atoms with E-state index >= 15 is 0 Å². The summed E-state index contributed by atoms with van der Waals surface area (Å²) in [5, 5.41) is 9.70. The van der Waals surface area contributed by atoms with Gasteiger partial charge in [0.05, 0.1) is 6.10 Å². The molecule has 2 rings (SSSR count). The molecule has 2 nitrogen and oxygen atoms in total. The molecule has 2 atom stereocenters. The molecule has 0 aliphatic heterocycles. The molecule has 14 heavy (non-hydrogen) atoms. The Balaban J connectivity index is 0.000000461. The van der Waals surface area contributed by atoms with Crippen LogP contribution in [-0.4, -0.2) is 5.11 Å². The number of nitrogen functional groups attached to an aromatic ring is 1. The maximum Gasteiger partial charge on any atom is 0.0821 e. The topological polar surface area (TPSA) is 46.2 Å². The fourth-order valence-corrected chi connectivity index (χ4v) is 1.86. The van der Waals surface area contributed by atoms with Crippen molar-refractivity contribution in [3.05, 3.63) is 29.3 Å². The minimum Gasteiger partial charge on any atom is -0.399 e. The van der Waals surface area contributed by atoms with E-state index in [-0.39, 0.29) is 6.10 Å². The molecule has 2 heteroatoms. The largest absolute Gasteiger partial charge is 0.399 e. The third-order valence-electron chi connectivity index (χ3n) is 2.57. The highest BCUT2D eigenvalue weighted by molar-refractivity contribution is 5.47. The van der Waals surface area contributed by atoms with Crippen LogP contribution in [0.3, 0.4) is 0 Å². The molecular weight excluding hydrogens is 174 g/mol.